The van der Waals surface area contributed by atoms with E-state index in [9.17, 15) is 4.79 Å². The maximum absolute atomic E-state index is 12.2. The third-order valence-corrected chi connectivity index (χ3v) is 4.54. The summed E-state index contributed by atoms with van der Waals surface area (Å²) in [5.41, 5.74) is 0. The molecule has 1 saturated heterocycles. The molecule has 0 aromatic carbocycles. The van der Waals surface area contributed by atoms with Crippen LogP contribution in [0.5, 0.6) is 0 Å². The molecule has 17 heavy (non-hydrogen) atoms. The smallest absolute Gasteiger partial charge is 0.241 e. The number of thioether (sulfide) groups is 1. The highest BCUT2D eigenvalue weighted by Crippen LogP contribution is 2.19. The van der Waals surface area contributed by atoms with Crippen LogP contribution in [0.25, 0.3) is 0 Å². The van der Waals surface area contributed by atoms with Crippen molar-refractivity contribution in [3.05, 3.63) is 0 Å². The summed E-state index contributed by atoms with van der Waals surface area (Å²) in [6, 6.07) is 0.0520. The van der Waals surface area contributed by atoms with Crippen LogP contribution in [0, 0.1) is 0 Å². The van der Waals surface area contributed by atoms with E-state index in [-0.39, 0.29) is 12.2 Å². The lowest BCUT2D eigenvalue weighted by atomic mass is 10.2. The van der Waals surface area contributed by atoms with Gasteiger partial charge in [0.2, 0.25) is 5.91 Å². The Labute approximate surface area is 110 Å². The Morgan fingerprint density at radius 1 is 1.47 bits per heavy atom. The van der Waals surface area contributed by atoms with Gasteiger partial charge in [0.25, 0.3) is 0 Å². The van der Waals surface area contributed by atoms with Crippen molar-refractivity contribution in [1.82, 2.24) is 10.2 Å². The van der Waals surface area contributed by atoms with Crippen LogP contribution >= 0.6 is 11.8 Å². The molecule has 1 amide bonds. The molecule has 4 heteroatoms. The summed E-state index contributed by atoms with van der Waals surface area (Å²) >= 11 is 1.87. The largest absolute Gasteiger partial charge is 0.326 e. The highest BCUT2D eigenvalue weighted by Gasteiger charge is 2.36. The number of carbonyl (C=O) groups is 1. The van der Waals surface area contributed by atoms with Crippen LogP contribution in [-0.4, -0.2) is 41.1 Å². The van der Waals surface area contributed by atoms with Gasteiger partial charge in [-0.15, -0.1) is 0 Å². The Hall–Kier alpha value is -0.220. The van der Waals surface area contributed by atoms with E-state index in [0.717, 1.165) is 32.2 Å². The molecule has 1 rings (SSSR count). The molecule has 3 atom stereocenters. The lowest BCUT2D eigenvalue weighted by Gasteiger charge is -2.25. The number of nitrogens with one attached hydrogen (secondary N) is 1. The average Bonchev–Trinajstić information content (AvgIpc) is 2.63. The van der Waals surface area contributed by atoms with Crippen molar-refractivity contribution >= 4 is 17.7 Å². The maximum Gasteiger partial charge on any atom is 0.241 e. The Morgan fingerprint density at radius 3 is 2.71 bits per heavy atom. The van der Waals surface area contributed by atoms with Gasteiger partial charge in [-0.3, -0.25) is 10.1 Å². The van der Waals surface area contributed by atoms with Crippen LogP contribution in [0.15, 0.2) is 0 Å². The van der Waals surface area contributed by atoms with Gasteiger partial charge in [0.05, 0.1) is 12.2 Å². The monoisotopic (exact) mass is 258 g/mol. The SMILES string of the molecule is CCCC1NC(CC)C(=O)N1CCC(C)SC. The minimum Gasteiger partial charge on any atom is -0.326 e. The third-order valence-electron chi connectivity index (χ3n) is 3.50. The van der Waals surface area contributed by atoms with Crippen LogP contribution in [0.1, 0.15) is 46.5 Å². The van der Waals surface area contributed by atoms with E-state index in [1.165, 1.54) is 0 Å². The second-order valence-electron chi connectivity index (χ2n) is 4.80. The van der Waals surface area contributed by atoms with Crippen molar-refractivity contribution in [3.8, 4) is 0 Å². The lowest BCUT2D eigenvalue weighted by molar-refractivity contribution is -0.130. The molecule has 1 aliphatic rings. The zero-order valence-corrected chi connectivity index (χ0v) is 12.3. The Bertz CT molecular complexity index is 248. The van der Waals surface area contributed by atoms with Crippen molar-refractivity contribution in [1.29, 1.82) is 0 Å². The van der Waals surface area contributed by atoms with Crippen LogP contribution in [0.4, 0.5) is 0 Å². The van der Waals surface area contributed by atoms with Gasteiger partial charge in [-0.1, -0.05) is 27.2 Å². The van der Waals surface area contributed by atoms with E-state index in [1.807, 2.05) is 11.8 Å². The molecule has 1 aliphatic heterocycles. The number of amides is 1. The van der Waals surface area contributed by atoms with E-state index in [4.69, 9.17) is 0 Å². The first-order valence-corrected chi connectivity index (χ1v) is 8.02. The van der Waals surface area contributed by atoms with Gasteiger partial charge in [-0.05, 0) is 25.5 Å². The first kappa shape index (κ1) is 14.8. The van der Waals surface area contributed by atoms with Crippen LogP contribution in [0.3, 0.4) is 0 Å². The van der Waals surface area contributed by atoms with Crippen molar-refractivity contribution in [3.63, 3.8) is 0 Å². The summed E-state index contributed by atoms with van der Waals surface area (Å²) in [5.74, 6) is 0.305. The molecule has 0 spiro atoms. The van der Waals surface area contributed by atoms with Gasteiger partial charge in [-0.25, -0.2) is 0 Å². The van der Waals surface area contributed by atoms with Gasteiger partial charge in [0.1, 0.15) is 0 Å². The summed E-state index contributed by atoms with van der Waals surface area (Å²) in [7, 11) is 0. The van der Waals surface area contributed by atoms with E-state index in [0.29, 0.717) is 11.2 Å². The standard InChI is InChI=1S/C13H26N2OS/c1-5-7-12-14-11(6-2)13(16)15(12)9-8-10(3)17-4/h10-12,14H,5-9H2,1-4H3. The lowest BCUT2D eigenvalue weighted by Crippen LogP contribution is -2.38. The number of hydrogen-bond acceptors (Lipinski definition) is 3. The summed E-state index contributed by atoms with van der Waals surface area (Å²) in [6.45, 7) is 7.38. The molecule has 0 aromatic rings. The van der Waals surface area contributed by atoms with E-state index < -0.39 is 0 Å². The van der Waals surface area contributed by atoms with Crippen LogP contribution < -0.4 is 5.32 Å². The molecule has 1 heterocycles. The van der Waals surface area contributed by atoms with Gasteiger partial charge >= 0.3 is 0 Å². The quantitative estimate of drug-likeness (QED) is 0.761. The number of hydrogen-bond donors (Lipinski definition) is 1. The van der Waals surface area contributed by atoms with E-state index >= 15 is 0 Å². The van der Waals surface area contributed by atoms with Crippen molar-refractivity contribution < 1.29 is 4.79 Å². The summed E-state index contributed by atoms with van der Waals surface area (Å²) in [6.07, 6.45) is 6.57. The van der Waals surface area contributed by atoms with Gasteiger partial charge in [0, 0.05) is 11.8 Å². The third kappa shape index (κ3) is 3.88. The summed E-state index contributed by atoms with van der Waals surface area (Å²) in [4.78, 5) is 14.2. The molecule has 100 valence electrons. The second kappa shape index (κ2) is 7.27. The van der Waals surface area contributed by atoms with E-state index in [2.05, 4.69) is 37.2 Å². The summed E-state index contributed by atoms with van der Waals surface area (Å²) in [5, 5.41) is 4.08. The topological polar surface area (TPSA) is 32.3 Å². The molecule has 0 saturated carbocycles. The molecule has 0 radical (unpaired) electrons. The zero-order chi connectivity index (χ0) is 12.8. The Balaban J connectivity index is 2.55. The first-order valence-electron chi connectivity index (χ1n) is 6.73. The van der Waals surface area contributed by atoms with Crippen molar-refractivity contribution in [2.75, 3.05) is 12.8 Å². The van der Waals surface area contributed by atoms with E-state index in [1.54, 1.807) is 0 Å². The maximum atomic E-state index is 12.2. The first-order chi connectivity index (χ1) is 8.13. The minimum absolute atomic E-state index is 0.0520. The predicted molar refractivity (Wildman–Crippen MR) is 75.2 cm³/mol. The molecular weight excluding hydrogens is 232 g/mol. The number of carbonyl (C=O) groups excluding carboxylic acids is 1. The van der Waals surface area contributed by atoms with Gasteiger partial charge < -0.3 is 4.90 Å². The molecule has 3 unspecified atom stereocenters. The molecule has 0 aromatic heterocycles. The van der Waals surface area contributed by atoms with Crippen molar-refractivity contribution in [2.24, 2.45) is 0 Å². The molecule has 3 nitrogen and oxygen atoms in total. The number of nitrogens with zero attached hydrogens (tertiary/aromatic N) is 1. The summed E-state index contributed by atoms with van der Waals surface area (Å²) < 4.78 is 0. The van der Waals surface area contributed by atoms with Crippen molar-refractivity contribution in [2.45, 2.75) is 63.9 Å². The predicted octanol–water partition coefficient (Wildman–Crippen LogP) is 2.46. The zero-order valence-electron chi connectivity index (χ0n) is 11.5. The highest BCUT2D eigenvalue weighted by molar-refractivity contribution is 7.99. The fourth-order valence-electron chi connectivity index (χ4n) is 2.26. The number of rotatable bonds is 7. The van der Waals surface area contributed by atoms with Gasteiger partial charge in [0.15, 0.2) is 0 Å². The molecule has 1 fully saturated rings. The molecule has 0 bridgehead atoms. The average molecular weight is 258 g/mol. The Kier molecular flexibility index (Phi) is 6.34. The normalized spacial score (nSPS) is 26.6. The molecule has 1 N–H and O–H groups in total. The highest BCUT2D eigenvalue weighted by atomic mass is 32.2. The van der Waals surface area contributed by atoms with Gasteiger partial charge in [-0.2, -0.15) is 11.8 Å². The fraction of sp³-hybridized carbons (Fsp3) is 0.923. The molecule has 0 aliphatic carbocycles. The molecular formula is C13H26N2OS. The van der Waals surface area contributed by atoms with Crippen LogP contribution in [-0.2, 0) is 4.79 Å². The minimum atomic E-state index is 0.0520. The fourth-order valence-corrected chi connectivity index (χ4v) is 2.60. The second-order valence-corrected chi connectivity index (χ2v) is 6.07. The Morgan fingerprint density at radius 2 is 2.18 bits per heavy atom. The van der Waals surface area contributed by atoms with Crippen LogP contribution in [0.2, 0.25) is 0 Å².